The van der Waals surface area contributed by atoms with E-state index in [0.717, 1.165) is 33.2 Å². The van der Waals surface area contributed by atoms with Crippen molar-refractivity contribution in [2.24, 2.45) is 5.10 Å². The first-order valence-electron chi connectivity index (χ1n) is 11.9. The van der Waals surface area contributed by atoms with E-state index in [1.807, 2.05) is 31.2 Å². The minimum absolute atomic E-state index is 0.133. The van der Waals surface area contributed by atoms with Crippen LogP contribution in [0.1, 0.15) is 67.4 Å². The lowest BCUT2D eigenvalue weighted by Gasteiger charge is -2.22. The summed E-state index contributed by atoms with van der Waals surface area (Å²) in [5, 5.41) is 4.81. The van der Waals surface area contributed by atoms with Gasteiger partial charge in [0, 0.05) is 16.9 Å². The zero-order valence-corrected chi connectivity index (χ0v) is 20.7. The minimum Gasteiger partial charge on any atom is -0.497 e. The molecule has 0 aliphatic heterocycles. The van der Waals surface area contributed by atoms with Crippen molar-refractivity contribution in [3.63, 3.8) is 0 Å². The van der Waals surface area contributed by atoms with Crippen molar-refractivity contribution in [1.82, 2.24) is 10.4 Å². The van der Waals surface area contributed by atoms with E-state index in [4.69, 9.17) is 10.5 Å². The molecule has 34 heavy (non-hydrogen) atoms. The summed E-state index contributed by atoms with van der Waals surface area (Å²) in [5.74, 6) is 1.33. The first-order valence-corrected chi connectivity index (χ1v) is 12.7. The molecule has 1 aliphatic carbocycles. The topological polar surface area (TPSA) is 89.6 Å². The number of nitrogen functional groups attached to an aromatic ring is 1. The van der Waals surface area contributed by atoms with Gasteiger partial charge in [-0.2, -0.15) is 5.10 Å². The van der Waals surface area contributed by atoms with E-state index in [1.54, 1.807) is 7.11 Å². The van der Waals surface area contributed by atoms with Crippen LogP contribution >= 0.6 is 11.3 Å². The molecule has 1 saturated carbocycles. The predicted octanol–water partition coefficient (Wildman–Crippen LogP) is 5.92. The average Bonchev–Trinajstić information content (AvgIpc) is 3.27. The van der Waals surface area contributed by atoms with Gasteiger partial charge in [0.1, 0.15) is 5.75 Å². The van der Waals surface area contributed by atoms with Gasteiger partial charge in [-0.3, -0.25) is 4.79 Å². The highest BCUT2D eigenvalue weighted by atomic mass is 32.1. The fourth-order valence-electron chi connectivity index (χ4n) is 4.44. The average molecular weight is 477 g/mol. The first kappa shape index (κ1) is 24.0. The standard InChI is InChI=1S/C27H32N4O2S/c1-18(19-8-10-21(11-9-19)20-6-4-3-5-7-20)30-31-25(32)17-16-24-26(29-27(28)34-24)22-12-14-23(33-2)15-13-22/h8-15,20H,3-7,16-17H2,1-2H3,(H2,28,29)(H,31,32)/b30-18+. The number of nitrogens with one attached hydrogen (secondary N) is 1. The van der Waals surface area contributed by atoms with Gasteiger partial charge in [-0.15, -0.1) is 11.3 Å². The molecule has 3 N–H and O–H groups in total. The van der Waals surface area contributed by atoms with Crippen LogP contribution in [0.25, 0.3) is 11.3 Å². The number of hydrazone groups is 1. The molecule has 3 aromatic rings. The molecule has 0 unspecified atom stereocenters. The fraction of sp³-hybridized carbons (Fsp3) is 0.370. The van der Waals surface area contributed by atoms with Gasteiger partial charge >= 0.3 is 0 Å². The van der Waals surface area contributed by atoms with Gasteiger partial charge < -0.3 is 10.5 Å². The van der Waals surface area contributed by atoms with Crippen LogP contribution in [0.4, 0.5) is 5.13 Å². The van der Waals surface area contributed by atoms with Crippen LogP contribution in [-0.4, -0.2) is 23.7 Å². The van der Waals surface area contributed by atoms with E-state index >= 15 is 0 Å². The predicted molar refractivity (Wildman–Crippen MR) is 139 cm³/mol. The summed E-state index contributed by atoms with van der Waals surface area (Å²) < 4.78 is 5.22. The Balaban J connectivity index is 1.33. The van der Waals surface area contributed by atoms with E-state index in [-0.39, 0.29) is 5.91 Å². The van der Waals surface area contributed by atoms with Gasteiger partial charge in [-0.05, 0) is 67.5 Å². The van der Waals surface area contributed by atoms with Crippen LogP contribution < -0.4 is 15.9 Å². The number of carbonyl (C=O) groups is 1. The molecule has 7 heteroatoms. The number of rotatable bonds is 8. The summed E-state index contributed by atoms with van der Waals surface area (Å²) in [5.41, 5.74) is 13.7. The van der Waals surface area contributed by atoms with E-state index in [1.165, 1.54) is 49.0 Å². The summed E-state index contributed by atoms with van der Waals surface area (Å²) >= 11 is 1.41. The van der Waals surface area contributed by atoms with E-state index in [0.29, 0.717) is 23.9 Å². The minimum atomic E-state index is -0.133. The Morgan fingerprint density at radius 3 is 2.50 bits per heavy atom. The fourth-order valence-corrected chi connectivity index (χ4v) is 5.29. The van der Waals surface area contributed by atoms with Crippen molar-refractivity contribution in [1.29, 1.82) is 0 Å². The van der Waals surface area contributed by atoms with Crippen molar-refractivity contribution in [3.05, 3.63) is 64.5 Å². The van der Waals surface area contributed by atoms with Crippen LogP contribution in [-0.2, 0) is 11.2 Å². The molecular formula is C27H32N4O2S. The SMILES string of the molecule is COc1ccc(-c2nc(N)sc2CCC(=O)N/N=C(\C)c2ccc(C3CCCCC3)cc2)cc1. The molecule has 0 bridgehead atoms. The molecule has 178 valence electrons. The Morgan fingerprint density at radius 2 is 1.82 bits per heavy atom. The molecule has 0 spiro atoms. The maximum atomic E-state index is 12.5. The Labute approximate surface area is 205 Å². The molecule has 1 aromatic heterocycles. The van der Waals surface area contributed by atoms with Gasteiger partial charge in [0.25, 0.3) is 0 Å². The molecular weight excluding hydrogens is 444 g/mol. The van der Waals surface area contributed by atoms with Crippen molar-refractivity contribution in [3.8, 4) is 17.0 Å². The number of methoxy groups -OCH3 is 1. The highest BCUT2D eigenvalue weighted by Crippen LogP contribution is 2.33. The largest absolute Gasteiger partial charge is 0.497 e. The number of aromatic nitrogens is 1. The van der Waals surface area contributed by atoms with Crippen LogP contribution in [0.3, 0.4) is 0 Å². The quantitative estimate of drug-likeness (QED) is 0.312. The number of thiazole rings is 1. The number of ether oxygens (including phenoxy) is 1. The molecule has 1 aliphatic rings. The van der Waals surface area contributed by atoms with Crippen molar-refractivity contribution < 1.29 is 9.53 Å². The number of carbonyl (C=O) groups excluding carboxylic acids is 1. The molecule has 1 heterocycles. The third-order valence-corrected chi connectivity index (χ3v) is 7.35. The van der Waals surface area contributed by atoms with Crippen molar-refractivity contribution in [2.45, 2.75) is 57.8 Å². The van der Waals surface area contributed by atoms with Gasteiger partial charge in [-0.1, -0.05) is 43.5 Å². The number of anilines is 1. The number of aryl methyl sites for hydroxylation is 1. The zero-order chi connectivity index (χ0) is 23.9. The summed E-state index contributed by atoms with van der Waals surface area (Å²) in [4.78, 5) is 17.9. The molecule has 0 atom stereocenters. The number of benzene rings is 2. The second-order valence-corrected chi connectivity index (χ2v) is 9.86. The van der Waals surface area contributed by atoms with Gasteiger partial charge in [-0.25, -0.2) is 10.4 Å². The van der Waals surface area contributed by atoms with Crippen LogP contribution in [0.2, 0.25) is 0 Å². The highest BCUT2D eigenvalue weighted by Gasteiger charge is 2.16. The van der Waals surface area contributed by atoms with E-state index in [2.05, 4.69) is 39.8 Å². The molecule has 0 radical (unpaired) electrons. The lowest BCUT2D eigenvalue weighted by Crippen LogP contribution is -2.19. The smallest absolute Gasteiger partial charge is 0.240 e. The maximum Gasteiger partial charge on any atom is 0.240 e. The molecule has 4 rings (SSSR count). The summed E-state index contributed by atoms with van der Waals surface area (Å²) in [7, 11) is 1.64. The molecule has 0 saturated heterocycles. The monoisotopic (exact) mass is 476 g/mol. The van der Waals surface area contributed by atoms with Crippen molar-refractivity contribution >= 4 is 28.1 Å². The number of hydrogen-bond donors (Lipinski definition) is 2. The molecule has 2 aromatic carbocycles. The second kappa shape index (κ2) is 11.3. The third kappa shape index (κ3) is 6.03. The zero-order valence-electron chi connectivity index (χ0n) is 19.8. The Bertz CT molecular complexity index is 1130. The van der Waals surface area contributed by atoms with Crippen LogP contribution in [0.15, 0.2) is 53.6 Å². The maximum absolute atomic E-state index is 12.5. The summed E-state index contributed by atoms with van der Waals surface area (Å²) in [6.07, 6.45) is 7.44. The second-order valence-electron chi connectivity index (χ2n) is 8.74. The van der Waals surface area contributed by atoms with E-state index in [9.17, 15) is 4.79 Å². The Morgan fingerprint density at radius 1 is 1.12 bits per heavy atom. The van der Waals surface area contributed by atoms with Gasteiger partial charge in [0.15, 0.2) is 5.13 Å². The first-order chi connectivity index (χ1) is 16.5. The van der Waals surface area contributed by atoms with Crippen molar-refractivity contribution in [2.75, 3.05) is 12.8 Å². The summed E-state index contributed by atoms with van der Waals surface area (Å²) in [6.45, 7) is 1.92. The van der Waals surface area contributed by atoms with Crippen LogP contribution in [0.5, 0.6) is 5.75 Å². The normalized spacial score (nSPS) is 14.7. The molecule has 6 nitrogen and oxygen atoms in total. The lowest BCUT2D eigenvalue weighted by atomic mass is 9.84. The number of hydrogen-bond acceptors (Lipinski definition) is 6. The van der Waals surface area contributed by atoms with Gasteiger partial charge in [0.2, 0.25) is 5.91 Å². The summed E-state index contributed by atoms with van der Waals surface area (Å²) in [6, 6.07) is 16.3. The van der Waals surface area contributed by atoms with Gasteiger partial charge in [0.05, 0.1) is 18.5 Å². The molecule has 1 fully saturated rings. The highest BCUT2D eigenvalue weighted by molar-refractivity contribution is 7.15. The third-order valence-electron chi connectivity index (χ3n) is 6.41. The van der Waals surface area contributed by atoms with E-state index < -0.39 is 0 Å². The Hall–Kier alpha value is -3.19. The number of nitrogens with zero attached hydrogens (tertiary/aromatic N) is 2. The number of nitrogens with two attached hydrogens (primary N) is 1. The number of amides is 1. The Kier molecular flexibility index (Phi) is 7.95. The lowest BCUT2D eigenvalue weighted by molar-refractivity contribution is -0.121. The van der Waals surface area contributed by atoms with Crippen LogP contribution in [0, 0.1) is 0 Å². The molecule has 1 amide bonds.